The van der Waals surface area contributed by atoms with Crippen molar-refractivity contribution in [3.8, 4) is 0 Å². The molecule has 2 aliphatic rings. The lowest BCUT2D eigenvalue weighted by molar-refractivity contribution is -0.141. The van der Waals surface area contributed by atoms with Gasteiger partial charge in [0.2, 0.25) is 5.91 Å². The summed E-state index contributed by atoms with van der Waals surface area (Å²) in [6.07, 6.45) is 4.68. The van der Waals surface area contributed by atoms with Crippen molar-refractivity contribution in [3.63, 3.8) is 0 Å². The molecule has 1 saturated heterocycles. The maximum absolute atomic E-state index is 12.1. The molecule has 2 fully saturated rings. The quantitative estimate of drug-likeness (QED) is 0.705. The van der Waals surface area contributed by atoms with E-state index in [0.717, 1.165) is 43.7 Å². The molecule has 0 unspecified atom stereocenters. The number of hydrogen-bond acceptors (Lipinski definition) is 1. The molecule has 0 N–H and O–H groups in total. The van der Waals surface area contributed by atoms with Gasteiger partial charge in [0, 0.05) is 19.0 Å². The number of carbonyl (C=O) groups is 1. The lowest BCUT2D eigenvalue weighted by Crippen LogP contribution is -2.45. The van der Waals surface area contributed by atoms with Crippen LogP contribution in [0.5, 0.6) is 0 Å². The summed E-state index contributed by atoms with van der Waals surface area (Å²) in [5.74, 6) is 3.21. The summed E-state index contributed by atoms with van der Waals surface area (Å²) in [6, 6.07) is 0. The topological polar surface area (TPSA) is 20.3 Å². The number of likely N-dealkylation sites (tertiary alicyclic amines) is 1. The highest BCUT2D eigenvalue weighted by molar-refractivity contribution is 5.79. The Labute approximate surface area is 99.4 Å². The molecule has 0 radical (unpaired) electrons. The minimum atomic E-state index is 0.366. The number of carbonyl (C=O) groups excluding carboxylic acids is 1. The van der Waals surface area contributed by atoms with Crippen molar-refractivity contribution in [2.75, 3.05) is 13.1 Å². The number of nitrogens with zero attached hydrogens (tertiary/aromatic N) is 1. The van der Waals surface area contributed by atoms with Gasteiger partial charge < -0.3 is 4.90 Å². The van der Waals surface area contributed by atoms with Crippen LogP contribution in [0.15, 0.2) is 0 Å². The van der Waals surface area contributed by atoms with Crippen LogP contribution < -0.4 is 0 Å². The fraction of sp³-hybridized carbons (Fsp3) is 0.929. The normalized spacial score (nSPS) is 31.6. The molecule has 2 rings (SSSR count). The molecule has 0 aromatic rings. The smallest absolute Gasteiger partial charge is 0.225 e. The Morgan fingerprint density at radius 2 is 1.75 bits per heavy atom. The predicted octanol–water partition coefficient (Wildman–Crippen LogP) is 2.93. The van der Waals surface area contributed by atoms with E-state index in [1.165, 1.54) is 12.8 Å². The van der Waals surface area contributed by atoms with E-state index in [2.05, 4.69) is 25.7 Å². The Hall–Kier alpha value is -0.530. The third-order valence-corrected chi connectivity index (χ3v) is 4.52. The molecule has 0 aromatic heterocycles. The second-order valence-corrected chi connectivity index (χ2v) is 6.18. The van der Waals surface area contributed by atoms with Crippen molar-refractivity contribution >= 4 is 5.91 Å². The maximum Gasteiger partial charge on any atom is 0.225 e. The highest BCUT2D eigenvalue weighted by atomic mass is 16.2. The largest absolute Gasteiger partial charge is 0.342 e. The number of hydrogen-bond donors (Lipinski definition) is 0. The predicted molar refractivity (Wildman–Crippen MR) is 66.0 cm³/mol. The van der Waals surface area contributed by atoms with E-state index in [9.17, 15) is 4.79 Å². The second kappa shape index (κ2) is 4.77. The average Bonchev–Trinajstić information content (AvgIpc) is 2.24. The van der Waals surface area contributed by atoms with Gasteiger partial charge in [0.1, 0.15) is 0 Å². The van der Waals surface area contributed by atoms with Crippen molar-refractivity contribution in [3.05, 3.63) is 0 Å². The molecule has 1 heterocycles. The molecule has 2 heteroatoms. The summed E-state index contributed by atoms with van der Waals surface area (Å²) in [5.41, 5.74) is 0. The Kier molecular flexibility index (Phi) is 3.56. The van der Waals surface area contributed by atoms with Crippen molar-refractivity contribution in [2.45, 2.75) is 46.5 Å². The van der Waals surface area contributed by atoms with Gasteiger partial charge in [0.25, 0.3) is 0 Å². The molecular weight excluding hydrogens is 198 g/mol. The minimum absolute atomic E-state index is 0.366. The summed E-state index contributed by atoms with van der Waals surface area (Å²) >= 11 is 0. The lowest BCUT2D eigenvalue weighted by atomic mass is 9.75. The van der Waals surface area contributed by atoms with E-state index in [0.29, 0.717) is 11.8 Å². The zero-order chi connectivity index (χ0) is 11.7. The first kappa shape index (κ1) is 11.9. The Morgan fingerprint density at radius 3 is 2.19 bits per heavy atom. The van der Waals surface area contributed by atoms with Gasteiger partial charge in [0.15, 0.2) is 0 Å². The van der Waals surface area contributed by atoms with Crippen molar-refractivity contribution in [1.29, 1.82) is 0 Å². The van der Waals surface area contributed by atoms with E-state index in [-0.39, 0.29) is 0 Å². The SMILES string of the molecule is CC1CC(C(=O)N2CCC(C(C)C)CC2)C1. The first-order chi connectivity index (χ1) is 7.58. The molecule has 0 atom stereocenters. The molecular formula is C14H25NO. The summed E-state index contributed by atoms with van der Waals surface area (Å²) in [5, 5.41) is 0. The van der Waals surface area contributed by atoms with E-state index in [1.807, 2.05) is 0 Å². The standard InChI is InChI=1S/C14H25NO/c1-10(2)12-4-6-15(7-5-12)14(16)13-8-11(3)9-13/h10-13H,4-9H2,1-3H3. The lowest BCUT2D eigenvalue weighted by Gasteiger charge is -2.39. The zero-order valence-electron chi connectivity index (χ0n) is 10.9. The molecule has 0 spiro atoms. The maximum atomic E-state index is 12.1. The van der Waals surface area contributed by atoms with Crippen LogP contribution >= 0.6 is 0 Å². The van der Waals surface area contributed by atoms with Gasteiger partial charge in [0.05, 0.1) is 0 Å². The van der Waals surface area contributed by atoms with Gasteiger partial charge in [-0.05, 0) is 43.4 Å². The van der Waals surface area contributed by atoms with Crippen LogP contribution in [0.25, 0.3) is 0 Å². The summed E-state index contributed by atoms with van der Waals surface area (Å²) in [7, 11) is 0. The van der Waals surface area contributed by atoms with Crippen LogP contribution in [0.1, 0.15) is 46.5 Å². The van der Waals surface area contributed by atoms with E-state index >= 15 is 0 Å². The highest BCUT2D eigenvalue weighted by Crippen LogP contribution is 2.35. The van der Waals surface area contributed by atoms with Crippen LogP contribution in [0.4, 0.5) is 0 Å². The number of piperidine rings is 1. The Morgan fingerprint density at radius 1 is 1.19 bits per heavy atom. The van der Waals surface area contributed by atoms with E-state index in [4.69, 9.17) is 0 Å². The van der Waals surface area contributed by atoms with Crippen LogP contribution in [-0.2, 0) is 4.79 Å². The molecule has 0 aromatic carbocycles. The summed E-state index contributed by atoms with van der Waals surface area (Å²) in [6.45, 7) is 8.86. The molecule has 92 valence electrons. The van der Waals surface area contributed by atoms with Gasteiger partial charge in [-0.1, -0.05) is 20.8 Å². The third kappa shape index (κ3) is 2.41. The van der Waals surface area contributed by atoms with Gasteiger partial charge in [-0.25, -0.2) is 0 Å². The fourth-order valence-corrected chi connectivity index (χ4v) is 3.15. The van der Waals surface area contributed by atoms with E-state index in [1.54, 1.807) is 0 Å². The first-order valence-electron chi connectivity index (χ1n) is 6.86. The van der Waals surface area contributed by atoms with Crippen LogP contribution in [0.2, 0.25) is 0 Å². The second-order valence-electron chi connectivity index (χ2n) is 6.18. The average molecular weight is 223 g/mol. The van der Waals surface area contributed by atoms with Gasteiger partial charge in [-0.3, -0.25) is 4.79 Å². The number of amides is 1. The summed E-state index contributed by atoms with van der Waals surface area (Å²) < 4.78 is 0. The van der Waals surface area contributed by atoms with Gasteiger partial charge in [-0.2, -0.15) is 0 Å². The zero-order valence-corrected chi connectivity index (χ0v) is 10.9. The molecule has 2 nitrogen and oxygen atoms in total. The van der Waals surface area contributed by atoms with Crippen molar-refractivity contribution in [1.82, 2.24) is 4.90 Å². The molecule has 16 heavy (non-hydrogen) atoms. The fourth-order valence-electron chi connectivity index (χ4n) is 3.15. The Balaban J connectivity index is 1.78. The van der Waals surface area contributed by atoms with Gasteiger partial charge in [-0.15, -0.1) is 0 Å². The monoisotopic (exact) mass is 223 g/mol. The number of rotatable bonds is 2. The van der Waals surface area contributed by atoms with Crippen LogP contribution in [-0.4, -0.2) is 23.9 Å². The molecule has 1 aliphatic heterocycles. The summed E-state index contributed by atoms with van der Waals surface area (Å²) in [4.78, 5) is 14.2. The van der Waals surface area contributed by atoms with Crippen molar-refractivity contribution < 1.29 is 4.79 Å². The van der Waals surface area contributed by atoms with Crippen LogP contribution in [0, 0.1) is 23.7 Å². The van der Waals surface area contributed by atoms with Crippen LogP contribution in [0.3, 0.4) is 0 Å². The van der Waals surface area contributed by atoms with Crippen molar-refractivity contribution in [2.24, 2.45) is 23.7 Å². The molecule has 1 saturated carbocycles. The minimum Gasteiger partial charge on any atom is -0.342 e. The molecule has 1 aliphatic carbocycles. The molecule has 1 amide bonds. The van der Waals surface area contributed by atoms with E-state index < -0.39 is 0 Å². The first-order valence-corrected chi connectivity index (χ1v) is 6.86. The highest BCUT2D eigenvalue weighted by Gasteiger charge is 2.35. The van der Waals surface area contributed by atoms with Gasteiger partial charge >= 0.3 is 0 Å². The third-order valence-electron chi connectivity index (χ3n) is 4.52. The Bertz CT molecular complexity index is 247. The molecule has 0 bridgehead atoms.